The molecule has 0 saturated heterocycles. The summed E-state index contributed by atoms with van der Waals surface area (Å²) in [5.74, 6) is 0.737. The standard InChI is InChI=1S/C11H17N3O3S/c1-8-4-5-9(14(16)17)10(13-8)12-6-11(2,15)7-18-3/h4-5,15H,6-7H2,1-3H3,(H,12,13). The summed E-state index contributed by atoms with van der Waals surface area (Å²) in [4.78, 5) is 14.4. The molecule has 0 spiro atoms. The van der Waals surface area contributed by atoms with Crippen LogP contribution in [0.3, 0.4) is 0 Å². The molecule has 1 heterocycles. The highest BCUT2D eigenvalue weighted by atomic mass is 32.2. The maximum Gasteiger partial charge on any atom is 0.311 e. The second-order valence-electron chi connectivity index (χ2n) is 4.36. The van der Waals surface area contributed by atoms with Crippen LogP contribution >= 0.6 is 11.8 Å². The van der Waals surface area contributed by atoms with Crippen LogP contribution in [0, 0.1) is 17.0 Å². The molecule has 1 aromatic heterocycles. The van der Waals surface area contributed by atoms with E-state index in [0.29, 0.717) is 11.4 Å². The summed E-state index contributed by atoms with van der Waals surface area (Å²) in [5.41, 5.74) is -0.327. The number of rotatable bonds is 6. The van der Waals surface area contributed by atoms with Crippen LogP contribution in [0.1, 0.15) is 12.6 Å². The van der Waals surface area contributed by atoms with Crippen LogP contribution in [-0.2, 0) is 0 Å². The minimum Gasteiger partial charge on any atom is -0.387 e. The first-order valence-electron chi connectivity index (χ1n) is 5.43. The second kappa shape index (κ2) is 6.01. The van der Waals surface area contributed by atoms with Gasteiger partial charge in [-0.25, -0.2) is 4.98 Å². The van der Waals surface area contributed by atoms with E-state index in [1.165, 1.54) is 17.8 Å². The van der Waals surface area contributed by atoms with E-state index in [1.807, 2.05) is 6.26 Å². The van der Waals surface area contributed by atoms with E-state index in [1.54, 1.807) is 19.9 Å². The fraction of sp³-hybridized carbons (Fsp3) is 0.545. The Bertz CT molecular complexity index is 438. The quantitative estimate of drug-likeness (QED) is 0.606. The molecule has 2 N–H and O–H groups in total. The highest BCUT2D eigenvalue weighted by Crippen LogP contribution is 2.23. The van der Waals surface area contributed by atoms with Crippen LogP contribution in [0.15, 0.2) is 12.1 Å². The third-order valence-electron chi connectivity index (χ3n) is 2.30. The van der Waals surface area contributed by atoms with Crippen LogP contribution in [0.2, 0.25) is 0 Å². The zero-order valence-corrected chi connectivity index (χ0v) is 11.5. The number of aryl methyl sites for hydroxylation is 1. The molecular weight excluding hydrogens is 254 g/mol. The molecule has 7 heteroatoms. The van der Waals surface area contributed by atoms with E-state index in [2.05, 4.69) is 10.3 Å². The molecule has 0 aromatic carbocycles. The Balaban J connectivity index is 2.83. The number of nitrogens with zero attached hydrogens (tertiary/aromatic N) is 2. The van der Waals surface area contributed by atoms with Gasteiger partial charge in [0.15, 0.2) is 0 Å². The molecule has 0 bridgehead atoms. The van der Waals surface area contributed by atoms with Crippen molar-refractivity contribution in [3.63, 3.8) is 0 Å². The van der Waals surface area contributed by atoms with E-state index in [0.717, 1.165) is 0 Å². The topological polar surface area (TPSA) is 88.3 Å². The summed E-state index contributed by atoms with van der Waals surface area (Å²) in [5, 5.41) is 23.7. The predicted molar refractivity (Wildman–Crippen MR) is 73.1 cm³/mol. The fourth-order valence-corrected chi connectivity index (χ4v) is 2.19. The zero-order valence-electron chi connectivity index (χ0n) is 10.6. The number of aromatic nitrogens is 1. The Morgan fingerprint density at radius 3 is 2.83 bits per heavy atom. The second-order valence-corrected chi connectivity index (χ2v) is 5.23. The van der Waals surface area contributed by atoms with Crippen molar-refractivity contribution in [1.82, 2.24) is 4.98 Å². The fourth-order valence-electron chi connectivity index (χ4n) is 1.46. The first kappa shape index (κ1) is 14.7. The Labute approximate surface area is 110 Å². The monoisotopic (exact) mass is 271 g/mol. The summed E-state index contributed by atoms with van der Waals surface area (Å²) in [6, 6.07) is 3.00. The molecule has 1 aromatic rings. The molecule has 18 heavy (non-hydrogen) atoms. The molecule has 0 fully saturated rings. The summed E-state index contributed by atoms with van der Waals surface area (Å²) < 4.78 is 0. The van der Waals surface area contributed by atoms with Gasteiger partial charge in [0.05, 0.1) is 10.5 Å². The van der Waals surface area contributed by atoms with Gasteiger partial charge in [-0.05, 0) is 26.2 Å². The van der Waals surface area contributed by atoms with Crippen LogP contribution in [0.25, 0.3) is 0 Å². The lowest BCUT2D eigenvalue weighted by Gasteiger charge is -2.22. The number of nitrogens with one attached hydrogen (secondary N) is 1. The Morgan fingerprint density at radius 1 is 1.61 bits per heavy atom. The summed E-state index contributed by atoms with van der Waals surface area (Å²) in [7, 11) is 0. The molecule has 0 aliphatic carbocycles. The van der Waals surface area contributed by atoms with Gasteiger partial charge in [-0.3, -0.25) is 10.1 Å². The average Bonchev–Trinajstić information content (AvgIpc) is 2.26. The Kier molecular flexibility index (Phi) is 4.92. The smallest absolute Gasteiger partial charge is 0.311 e. The van der Waals surface area contributed by atoms with E-state index < -0.39 is 10.5 Å². The average molecular weight is 271 g/mol. The summed E-state index contributed by atoms with van der Waals surface area (Å²) in [6.07, 6.45) is 1.89. The molecule has 1 atom stereocenters. The van der Waals surface area contributed by atoms with Crippen LogP contribution in [0.4, 0.5) is 11.5 Å². The lowest BCUT2D eigenvalue weighted by molar-refractivity contribution is -0.384. The number of nitro groups is 1. The molecule has 1 unspecified atom stereocenters. The Hall–Kier alpha value is -1.34. The van der Waals surface area contributed by atoms with Gasteiger partial charge in [0.25, 0.3) is 0 Å². The van der Waals surface area contributed by atoms with Crippen molar-refractivity contribution in [2.45, 2.75) is 19.4 Å². The molecule has 0 aliphatic rings. The van der Waals surface area contributed by atoms with Gasteiger partial charge in [0, 0.05) is 24.1 Å². The minimum atomic E-state index is -0.932. The van der Waals surface area contributed by atoms with Gasteiger partial charge in [-0.2, -0.15) is 11.8 Å². The number of aliphatic hydroxyl groups is 1. The highest BCUT2D eigenvalue weighted by molar-refractivity contribution is 7.98. The van der Waals surface area contributed by atoms with Gasteiger partial charge < -0.3 is 10.4 Å². The first-order valence-corrected chi connectivity index (χ1v) is 6.82. The molecule has 0 aliphatic heterocycles. The van der Waals surface area contributed by atoms with Gasteiger partial charge >= 0.3 is 5.69 Å². The van der Waals surface area contributed by atoms with Gasteiger partial charge in [0.1, 0.15) is 0 Å². The van der Waals surface area contributed by atoms with E-state index in [9.17, 15) is 15.2 Å². The molecule has 0 radical (unpaired) electrons. The molecule has 100 valence electrons. The third-order valence-corrected chi connectivity index (χ3v) is 3.21. The molecule has 0 amide bonds. The molecule has 0 saturated carbocycles. The molecule has 1 rings (SSSR count). The van der Waals surface area contributed by atoms with Crippen LogP contribution in [0.5, 0.6) is 0 Å². The van der Waals surface area contributed by atoms with Crippen molar-refractivity contribution in [1.29, 1.82) is 0 Å². The number of anilines is 1. The van der Waals surface area contributed by atoms with Crippen LogP contribution < -0.4 is 5.32 Å². The maximum absolute atomic E-state index is 10.8. The van der Waals surface area contributed by atoms with E-state index >= 15 is 0 Å². The van der Waals surface area contributed by atoms with Crippen molar-refractivity contribution >= 4 is 23.3 Å². The van der Waals surface area contributed by atoms with Gasteiger partial charge in [-0.1, -0.05) is 0 Å². The maximum atomic E-state index is 10.8. The predicted octanol–water partition coefficient (Wildman–Crippen LogP) is 1.82. The van der Waals surface area contributed by atoms with Gasteiger partial charge in [-0.15, -0.1) is 0 Å². The van der Waals surface area contributed by atoms with Crippen molar-refractivity contribution in [2.75, 3.05) is 23.9 Å². The third kappa shape index (κ3) is 4.15. The lowest BCUT2D eigenvalue weighted by atomic mass is 10.1. The van der Waals surface area contributed by atoms with Crippen molar-refractivity contribution in [2.24, 2.45) is 0 Å². The number of pyridine rings is 1. The summed E-state index contributed by atoms with van der Waals surface area (Å²) in [6.45, 7) is 3.65. The number of hydrogen-bond acceptors (Lipinski definition) is 6. The highest BCUT2D eigenvalue weighted by Gasteiger charge is 2.22. The molecule has 6 nitrogen and oxygen atoms in total. The van der Waals surface area contributed by atoms with Crippen molar-refractivity contribution in [3.8, 4) is 0 Å². The van der Waals surface area contributed by atoms with E-state index in [-0.39, 0.29) is 18.1 Å². The number of hydrogen-bond donors (Lipinski definition) is 2. The van der Waals surface area contributed by atoms with Crippen molar-refractivity contribution in [3.05, 3.63) is 27.9 Å². The first-order chi connectivity index (χ1) is 8.35. The minimum absolute atomic E-state index is 0.0828. The largest absolute Gasteiger partial charge is 0.387 e. The van der Waals surface area contributed by atoms with Gasteiger partial charge in [0.2, 0.25) is 5.82 Å². The van der Waals surface area contributed by atoms with Crippen molar-refractivity contribution < 1.29 is 10.0 Å². The van der Waals surface area contributed by atoms with Crippen LogP contribution in [-0.4, -0.2) is 39.2 Å². The SMILES string of the molecule is CSCC(C)(O)CNc1nc(C)ccc1[N+](=O)[O-]. The lowest BCUT2D eigenvalue weighted by Crippen LogP contribution is -2.36. The zero-order chi connectivity index (χ0) is 13.8. The summed E-state index contributed by atoms with van der Waals surface area (Å²) >= 11 is 1.51. The van der Waals surface area contributed by atoms with E-state index in [4.69, 9.17) is 0 Å². The Morgan fingerprint density at radius 2 is 2.28 bits per heavy atom. The normalized spacial score (nSPS) is 14.0. The molecular formula is C11H17N3O3S. The number of thioether (sulfide) groups is 1.